The van der Waals surface area contributed by atoms with Gasteiger partial charge in [0, 0.05) is 0 Å². The molecule has 0 heterocycles. The molecule has 44 valence electrons. The third kappa shape index (κ3) is 1.03. The van der Waals surface area contributed by atoms with E-state index in [1.54, 1.807) is 32.1 Å². The fraction of sp³-hybridized carbons (Fsp3) is 1.00. The second-order valence-corrected chi connectivity index (χ2v) is 3.12. The zero-order valence-electron chi connectivity index (χ0n) is 4.69. The van der Waals surface area contributed by atoms with Gasteiger partial charge in [-0.05, 0) is 18.3 Å². The molecule has 2 bridgehead atoms. The number of rotatable bonds is 0. The lowest BCUT2D eigenvalue weighted by Crippen LogP contribution is -1.90. The summed E-state index contributed by atoms with van der Waals surface area (Å²) >= 11 is 0. The van der Waals surface area contributed by atoms with Gasteiger partial charge < -0.3 is 0 Å². The van der Waals surface area contributed by atoms with Gasteiger partial charge in [-0.3, -0.25) is 0 Å². The van der Waals surface area contributed by atoms with Gasteiger partial charge in [-0.1, -0.05) is 25.7 Å². The Morgan fingerprint density at radius 1 is 0.750 bits per heavy atom. The second kappa shape index (κ2) is 2.57. The normalized spacial score (nSPS) is 42.0. The molecular formula is C7H14Mg. The van der Waals surface area contributed by atoms with Crippen molar-refractivity contribution < 1.29 is 0 Å². The van der Waals surface area contributed by atoms with E-state index in [4.69, 9.17) is 0 Å². The van der Waals surface area contributed by atoms with Gasteiger partial charge in [-0.2, -0.15) is 0 Å². The molecule has 0 N–H and O–H groups in total. The maximum Gasteiger partial charge on any atom is 0.316 e. The lowest BCUT2D eigenvalue weighted by molar-refractivity contribution is 0.480. The zero-order valence-corrected chi connectivity index (χ0v) is 4.69. The van der Waals surface area contributed by atoms with Crippen molar-refractivity contribution in [3.63, 3.8) is 0 Å². The van der Waals surface area contributed by atoms with Crippen LogP contribution in [0, 0.1) is 11.8 Å². The molecule has 2 aliphatic rings. The SMILES string of the molecule is C1CC2CCC1C2.[MgH2]. The molecule has 0 aromatic rings. The first-order chi connectivity index (χ1) is 3.45. The Kier molecular flexibility index (Phi) is 2.21. The van der Waals surface area contributed by atoms with Crippen molar-refractivity contribution in [3.8, 4) is 0 Å². The lowest BCUT2D eigenvalue weighted by atomic mass is 10.0. The third-order valence-electron chi connectivity index (χ3n) is 2.63. The van der Waals surface area contributed by atoms with Gasteiger partial charge >= 0.3 is 23.1 Å². The van der Waals surface area contributed by atoms with Crippen LogP contribution < -0.4 is 0 Å². The van der Waals surface area contributed by atoms with Crippen LogP contribution in [0.15, 0.2) is 0 Å². The average Bonchev–Trinajstić information content (AvgIpc) is 2.22. The fourth-order valence-corrected chi connectivity index (χ4v) is 2.17. The largest absolute Gasteiger partial charge is 0.316 e. The topological polar surface area (TPSA) is 0 Å². The zero-order chi connectivity index (χ0) is 4.69. The predicted molar refractivity (Wildman–Crippen MR) is 38.6 cm³/mol. The van der Waals surface area contributed by atoms with Crippen LogP contribution in [0.2, 0.25) is 0 Å². The Hall–Kier alpha value is 0.766. The van der Waals surface area contributed by atoms with E-state index in [2.05, 4.69) is 0 Å². The van der Waals surface area contributed by atoms with Crippen molar-refractivity contribution in [1.29, 1.82) is 0 Å². The molecule has 0 radical (unpaired) electrons. The van der Waals surface area contributed by atoms with Crippen LogP contribution in [0.25, 0.3) is 0 Å². The maximum atomic E-state index is 1.58. The molecule has 2 rings (SSSR count). The minimum atomic E-state index is 0. The summed E-state index contributed by atoms with van der Waals surface area (Å²) in [6, 6.07) is 0. The van der Waals surface area contributed by atoms with Crippen LogP contribution in [-0.2, 0) is 0 Å². The van der Waals surface area contributed by atoms with Gasteiger partial charge in [-0.25, -0.2) is 0 Å². The van der Waals surface area contributed by atoms with Gasteiger partial charge in [0.2, 0.25) is 0 Å². The minimum Gasteiger partial charge on any atom is -0.0502 e. The summed E-state index contributed by atoms with van der Waals surface area (Å²) in [5.74, 6) is 2.34. The van der Waals surface area contributed by atoms with Crippen LogP contribution in [0.3, 0.4) is 0 Å². The summed E-state index contributed by atoms with van der Waals surface area (Å²) in [7, 11) is 0. The van der Waals surface area contributed by atoms with E-state index in [1.165, 1.54) is 11.8 Å². The summed E-state index contributed by atoms with van der Waals surface area (Å²) in [4.78, 5) is 0. The molecule has 8 heavy (non-hydrogen) atoms. The van der Waals surface area contributed by atoms with Gasteiger partial charge in [0.15, 0.2) is 0 Å². The van der Waals surface area contributed by atoms with Crippen LogP contribution in [0.5, 0.6) is 0 Å². The van der Waals surface area contributed by atoms with Gasteiger partial charge in [0.05, 0.1) is 0 Å². The molecule has 2 saturated carbocycles. The van der Waals surface area contributed by atoms with Gasteiger partial charge in [0.1, 0.15) is 0 Å². The van der Waals surface area contributed by atoms with Crippen molar-refractivity contribution in [3.05, 3.63) is 0 Å². The molecular weight excluding hydrogens is 108 g/mol. The Bertz CT molecular complexity index is 62.5. The van der Waals surface area contributed by atoms with E-state index < -0.39 is 0 Å². The number of hydrogen-bond donors (Lipinski definition) is 0. The van der Waals surface area contributed by atoms with Gasteiger partial charge in [-0.15, -0.1) is 0 Å². The van der Waals surface area contributed by atoms with Crippen LogP contribution in [0.1, 0.15) is 32.1 Å². The molecule has 2 fully saturated rings. The van der Waals surface area contributed by atoms with Crippen molar-refractivity contribution in [1.82, 2.24) is 0 Å². The highest BCUT2D eigenvalue weighted by Gasteiger charge is 2.30. The van der Waals surface area contributed by atoms with E-state index in [0.717, 1.165) is 0 Å². The van der Waals surface area contributed by atoms with E-state index in [-0.39, 0.29) is 23.1 Å². The first-order valence-electron chi connectivity index (χ1n) is 3.45. The molecule has 0 atom stereocenters. The molecule has 0 unspecified atom stereocenters. The highest BCUT2D eigenvalue weighted by molar-refractivity contribution is 5.75. The highest BCUT2D eigenvalue weighted by Crippen LogP contribution is 2.43. The molecule has 1 heteroatoms. The monoisotopic (exact) mass is 122 g/mol. The first-order valence-corrected chi connectivity index (χ1v) is 3.45. The van der Waals surface area contributed by atoms with E-state index in [9.17, 15) is 0 Å². The van der Waals surface area contributed by atoms with Gasteiger partial charge in [0.25, 0.3) is 0 Å². The molecule has 0 nitrogen and oxygen atoms in total. The van der Waals surface area contributed by atoms with Crippen LogP contribution in [0.4, 0.5) is 0 Å². The summed E-state index contributed by atoms with van der Waals surface area (Å²) in [5, 5.41) is 0. The van der Waals surface area contributed by atoms with E-state index in [1.807, 2.05) is 0 Å². The Labute approximate surface area is 67.2 Å². The molecule has 0 aliphatic heterocycles. The first kappa shape index (κ1) is 6.88. The average molecular weight is 122 g/mol. The number of fused-ring (bicyclic) bond motifs is 2. The maximum absolute atomic E-state index is 1.58. The standard InChI is InChI=1S/C7H12.Mg.2H/c1-2-7-4-3-6(1)5-7;;;/h6-7H,1-5H2;;;. The van der Waals surface area contributed by atoms with Crippen LogP contribution >= 0.6 is 0 Å². The molecule has 0 aromatic heterocycles. The highest BCUT2D eigenvalue weighted by atomic mass is 24.3. The molecule has 0 aromatic carbocycles. The summed E-state index contributed by atoms with van der Waals surface area (Å²) < 4.78 is 0. The lowest BCUT2D eigenvalue weighted by Gasteiger charge is -2.05. The molecule has 0 saturated heterocycles. The molecule has 2 aliphatic carbocycles. The number of hydrogen-bond acceptors (Lipinski definition) is 0. The predicted octanol–water partition coefficient (Wildman–Crippen LogP) is 1.28. The summed E-state index contributed by atoms with van der Waals surface area (Å²) in [6.07, 6.45) is 7.82. The Morgan fingerprint density at radius 2 is 1.12 bits per heavy atom. The minimum absolute atomic E-state index is 0. The third-order valence-corrected chi connectivity index (χ3v) is 2.63. The van der Waals surface area contributed by atoms with Crippen molar-refractivity contribution >= 4 is 23.1 Å². The van der Waals surface area contributed by atoms with E-state index >= 15 is 0 Å². The van der Waals surface area contributed by atoms with Crippen LogP contribution in [-0.4, -0.2) is 23.1 Å². The second-order valence-electron chi connectivity index (χ2n) is 3.12. The van der Waals surface area contributed by atoms with Crippen molar-refractivity contribution in [2.45, 2.75) is 32.1 Å². The molecule has 0 amide bonds. The van der Waals surface area contributed by atoms with Crippen molar-refractivity contribution in [2.75, 3.05) is 0 Å². The Balaban J connectivity index is 0.000000320. The Morgan fingerprint density at radius 3 is 1.25 bits per heavy atom. The van der Waals surface area contributed by atoms with Crippen molar-refractivity contribution in [2.24, 2.45) is 11.8 Å². The summed E-state index contributed by atoms with van der Waals surface area (Å²) in [6.45, 7) is 0. The fourth-order valence-electron chi connectivity index (χ4n) is 2.17. The summed E-state index contributed by atoms with van der Waals surface area (Å²) in [5.41, 5.74) is 0. The van der Waals surface area contributed by atoms with E-state index in [0.29, 0.717) is 0 Å². The molecule has 0 spiro atoms. The smallest absolute Gasteiger partial charge is 0.0502 e. The quantitative estimate of drug-likeness (QED) is 0.425.